The zero-order valence-corrected chi connectivity index (χ0v) is 19.5. The molecule has 166 valence electrons. The Morgan fingerprint density at radius 2 is 1.97 bits per heavy atom. The maximum atomic E-state index is 12.6. The molecule has 10 heteroatoms. The predicted molar refractivity (Wildman–Crippen MR) is 125 cm³/mol. The first-order valence-electron chi connectivity index (χ1n) is 10.4. The summed E-state index contributed by atoms with van der Waals surface area (Å²) in [5.74, 6) is 1.33. The van der Waals surface area contributed by atoms with Gasteiger partial charge in [-0.2, -0.15) is 4.98 Å². The van der Waals surface area contributed by atoms with Gasteiger partial charge in [-0.1, -0.05) is 40.9 Å². The molecule has 0 bridgehead atoms. The number of benzene rings is 1. The first-order chi connectivity index (χ1) is 14.9. The van der Waals surface area contributed by atoms with E-state index in [1.54, 1.807) is 18.3 Å². The van der Waals surface area contributed by atoms with E-state index in [9.17, 15) is 4.79 Å². The van der Waals surface area contributed by atoms with Gasteiger partial charge < -0.3 is 20.4 Å². The normalized spacial score (nSPS) is 20.1. The fourth-order valence-corrected chi connectivity index (χ4v) is 4.71. The van der Waals surface area contributed by atoms with Gasteiger partial charge in [0.15, 0.2) is 5.82 Å². The van der Waals surface area contributed by atoms with Crippen molar-refractivity contribution < 1.29 is 4.79 Å². The maximum absolute atomic E-state index is 12.6. The van der Waals surface area contributed by atoms with Crippen LogP contribution in [0.25, 0.3) is 0 Å². The molecule has 0 spiro atoms. The number of piperazine rings is 1. The molecule has 3 heterocycles. The smallest absolute Gasteiger partial charge is 0.239 e. The standard InChI is InChI=1S/C21H25Cl3N6O/c1-13(15-5-4-14(22)11-16(15)23)27-19-17(24)12-26-21(28-19)30-9-7-29(8-10-30)20(31)18-3-2-6-25-18/h4-5,11-13,18,25H,2-3,6-10H2,1H3,(H,26,27,28)/t13-,18+/m1/s1. The largest absolute Gasteiger partial charge is 0.362 e. The van der Waals surface area contributed by atoms with Gasteiger partial charge >= 0.3 is 0 Å². The molecule has 7 nitrogen and oxygen atoms in total. The third-order valence-electron chi connectivity index (χ3n) is 5.75. The van der Waals surface area contributed by atoms with Crippen LogP contribution in [0.3, 0.4) is 0 Å². The number of anilines is 2. The van der Waals surface area contributed by atoms with Crippen LogP contribution < -0.4 is 15.5 Å². The summed E-state index contributed by atoms with van der Waals surface area (Å²) >= 11 is 18.7. The molecule has 2 aliphatic rings. The molecule has 2 N–H and O–H groups in total. The van der Waals surface area contributed by atoms with E-state index in [4.69, 9.17) is 34.8 Å². The van der Waals surface area contributed by atoms with Gasteiger partial charge in [-0.3, -0.25) is 4.79 Å². The monoisotopic (exact) mass is 482 g/mol. The molecule has 2 aromatic rings. The zero-order chi connectivity index (χ0) is 22.0. The number of carbonyl (C=O) groups excluding carboxylic acids is 1. The van der Waals surface area contributed by atoms with Crippen LogP contribution in [0.15, 0.2) is 24.4 Å². The van der Waals surface area contributed by atoms with Crippen molar-refractivity contribution in [2.75, 3.05) is 42.9 Å². The van der Waals surface area contributed by atoms with Gasteiger partial charge in [-0.15, -0.1) is 0 Å². The first-order valence-corrected chi connectivity index (χ1v) is 11.6. The fourth-order valence-electron chi connectivity index (χ4n) is 3.99. The zero-order valence-electron chi connectivity index (χ0n) is 17.2. The predicted octanol–water partition coefficient (Wildman–Crippen LogP) is 4.01. The fraction of sp³-hybridized carbons (Fsp3) is 0.476. The summed E-state index contributed by atoms with van der Waals surface area (Å²) < 4.78 is 0. The van der Waals surface area contributed by atoms with Crippen molar-refractivity contribution in [3.8, 4) is 0 Å². The molecule has 1 amide bonds. The highest BCUT2D eigenvalue weighted by atomic mass is 35.5. The Morgan fingerprint density at radius 1 is 1.19 bits per heavy atom. The minimum Gasteiger partial charge on any atom is -0.362 e. The average Bonchev–Trinajstić information content (AvgIpc) is 3.30. The van der Waals surface area contributed by atoms with Crippen molar-refractivity contribution in [1.29, 1.82) is 0 Å². The van der Waals surface area contributed by atoms with Crippen molar-refractivity contribution in [1.82, 2.24) is 20.2 Å². The van der Waals surface area contributed by atoms with E-state index in [1.165, 1.54) is 0 Å². The highest BCUT2D eigenvalue weighted by molar-refractivity contribution is 6.35. The van der Waals surface area contributed by atoms with E-state index in [0.29, 0.717) is 53.0 Å². The van der Waals surface area contributed by atoms with Crippen LogP contribution in [-0.4, -0.2) is 59.5 Å². The Labute approximate surface area is 197 Å². The molecule has 0 saturated carbocycles. The van der Waals surface area contributed by atoms with E-state index >= 15 is 0 Å². The molecule has 31 heavy (non-hydrogen) atoms. The van der Waals surface area contributed by atoms with E-state index in [1.807, 2.05) is 17.9 Å². The van der Waals surface area contributed by atoms with Gasteiger partial charge in [0.1, 0.15) is 5.02 Å². The first kappa shape index (κ1) is 22.4. The SMILES string of the molecule is C[C@@H](Nc1nc(N2CCN(C(=O)[C@@H]3CCCN3)CC2)ncc1Cl)c1ccc(Cl)cc1Cl. The van der Waals surface area contributed by atoms with Gasteiger partial charge in [0.25, 0.3) is 0 Å². The second-order valence-corrected chi connectivity index (χ2v) is 9.11. The van der Waals surface area contributed by atoms with Crippen LogP contribution in [0, 0.1) is 0 Å². The molecular formula is C21H25Cl3N6O. The molecule has 1 aromatic heterocycles. The van der Waals surface area contributed by atoms with Gasteiger partial charge in [0.05, 0.1) is 18.3 Å². The molecule has 2 aliphatic heterocycles. The summed E-state index contributed by atoms with van der Waals surface area (Å²) in [6.07, 6.45) is 3.58. The summed E-state index contributed by atoms with van der Waals surface area (Å²) in [4.78, 5) is 25.7. The highest BCUT2D eigenvalue weighted by Crippen LogP contribution is 2.30. The number of amides is 1. The van der Waals surface area contributed by atoms with Crippen LogP contribution in [-0.2, 0) is 4.79 Å². The number of rotatable bonds is 5. The lowest BCUT2D eigenvalue weighted by molar-refractivity contribution is -0.133. The van der Waals surface area contributed by atoms with Crippen LogP contribution in [0.1, 0.15) is 31.4 Å². The van der Waals surface area contributed by atoms with Crippen molar-refractivity contribution >= 4 is 52.5 Å². The Hall–Kier alpha value is -1.80. The number of halogens is 3. The minimum atomic E-state index is -0.126. The lowest BCUT2D eigenvalue weighted by Crippen LogP contribution is -2.53. The number of nitrogens with zero attached hydrogens (tertiary/aromatic N) is 4. The Kier molecular flexibility index (Phi) is 7.06. The maximum Gasteiger partial charge on any atom is 0.239 e. The van der Waals surface area contributed by atoms with Gasteiger partial charge in [0, 0.05) is 36.2 Å². The number of hydrogen-bond donors (Lipinski definition) is 2. The lowest BCUT2D eigenvalue weighted by Gasteiger charge is -2.36. The molecule has 1 aromatic carbocycles. The molecule has 0 radical (unpaired) electrons. The van der Waals surface area contributed by atoms with Gasteiger partial charge in [-0.05, 0) is 44.0 Å². The molecule has 2 atom stereocenters. The second kappa shape index (κ2) is 9.77. The molecule has 0 unspecified atom stereocenters. The summed E-state index contributed by atoms with van der Waals surface area (Å²) in [6, 6.07) is 5.24. The number of hydrogen-bond acceptors (Lipinski definition) is 6. The van der Waals surface area contributed by atoms with Crippen molar-refractivity contribution in [3.63, 3.8) is 0 Å². The van der Waals surface area contributed by atoms with Gasteiger partial charge in [-0.25, -0.2) is 4.98 Å². The highest BCUT2D eigenvalue weighted by Gasteiger charge is 2.30. The van der Waals surface area contributed by atoms with Crippen LogP contribution in [0.2, 0.25) is 15.1 Å². The quantitative estimate of drug-likeness (QED) is 0.669. The number of nitrogens with one attached hydrogen (secondary N) is 2. The van der Waals surface area contributed by atoms with Crippen molar-refractivity contribution in [2.45, 2.75) is 31.8 Å². The van der Waals surface area contributed by atoms with E-state index in [0.717, 1.165) is 24.9 Å². The van der Waals surface area contributed by atoms with Crippen LogP contribution in [0.5, 0.6) is 0 Å². The van der Waals surface area contributed by atoms with Crippen molar-refractivity contribution in [2.24, 2.45) is 0 Å². The Morgan fingerprint density at radius 3 is 2.65 bits per heavy atom. The molecular weight excluding hydrogens is 459 g/mol. The van der Waals surface area contributed by atoms with Crippen LogP contribution in [0.4, 0.5) is 11.8 Å². The van der Waals surface area contributed by atoms with E-state index in [-0.39, 0.29) is 18.0 Å². The third kappa shape index (κ3) is 5.17. The topological polar surface area (TPSA) is 73.4 Å². The number of carbonyl (C=O) groups is 1. The molecule has 2 saturated heterocycles. The van der Waals surface area contributed by atoms with E-state index in [2.05, 4.69) is 25.5 Å². The number of aromatic nitrogens is 2. The lowest BCUT2D eigenvalue weighted by atomic mass is 10.1. The van der Waals surface area contributed by atoms with Gasteiger partial charge in [0.2, 0.25) is 11.9 Å². The minimum absolute atomic E-state index is 0.0321. The van der Waals surface area contributed by atoms with Crippen LogP contribution >= 0.6 is 34.8 Å². The molecule has 4 rings (SSSR count). The second-order valence-electron chi connectivity index (χ2n) is 7.86. The van der Waals surface area contributed by atoms with Crippen molar-refractivity contribution in [3.05, 3.63) is 45.0 Å². The van der Waals surface area contributed by atoms with E-state index < -0.39 is 0 Å². The Balaban J connectivity index is 1.41. The average molecular weight is 484 g/mol. The third-order valence-corrected chi connectivity index (χ3v) is 6.59. The molecule has 0 aliphatic carbocycles. The summed E-state index contributed by atoms with van der Waals surface area (Å²) in [7, 11) is 0. The summed E-state index contributed by atoms with van der Waals surface area (Å²) in [6.45, 7) is 5.57. The molecule has 2 fully saturated rings. The Bertz CT molecular complexity index is 945. The summed E-state index contributed by atoms with van der Waals surface area (Å²) in [5.41, 5.74) is 0.898. The summed E-state index contributed by atoms with van der Waals surface area (Å²) in [5, 5.41) is 8.20.